The molecule has 94 valence electrons. The van der Waals surface area contributed by atoms with Crippen LogP contribution in [0.2, 0.25) is 0 Å². The minimum Gasteiger partial charge on any atom is -0.494 e. The van der Waals surface area contributed by atoms with Gasteiger partial charge in [-0.25, -0.2) is 4.79 Å². The van der Waals surface area contributed by atoms with Crippen molar-refractivity contribution in [1.82, 2.24) is 0 Å². The molecule has 0 N–H and O–H groups in total. The van der Waals surface area contributed by atoms with Crippen LogP contribution in [-0.2, 0) is 9.53 Å². The summed E-state index contributed by atoms with van der Waals surface area (Å²) in [5.41, 5.74) is 0. The molecule has 0 bridgehead atoms. The van der Waals surface area contributed by atoms with Crippen molar-refractivity contribution in [2.24, 2.45) is 0 Å². The van der Waals surface area contributed by atoms with Gasteiger partial charge in [0.25, 0.3) is 0 Å². The van der Waals surface area contributed by atoms with Gasteiger partial charge in [-0.15, -0.1) is 0 Å². The molecule has 0 saturated carbocycles. The second-order valence-electron chi connectivity index (χ2n) is 3.42. The molecule has 0 spiro atoms. The Labute approximate surface area is 101 Å². The molecule has 0 aliphatic heterocycles. The molecule has 0 aromatic heterocycles. The first kappa shape index (κ1) is 13.4. The van der Waals surface area contributed by atoms with Gasteiger partial charge in [-0.05, 0) is 32.9 Å². The molecule has 1 unspecified atom stereocenters. The number of ether oxygens (including phenoxy) is 3. The Morgan fingerprint density at radius 2 is 1.94 bits per heavy atom. The zero-order chi connectivity index (χ0) is 12.7. The first-order valence-corrected chi connectivity index (χ1v) is 5.73. The third-order valence-electron chi connectivity index (χ3n) is 2.05. The van der Waals surface area contributed by atoms with E-state index in [0.717, 1.165) is 5.75 Å². The summed E-state index contributed by atoms with van der Waals surface area (Å²) in [5, 5.41) is 0. The Morgan fingerprint density at radius 1 is 1.24 bits per heavy atom. The molecule has 0 radical (unpaired) electrons. The van der Waals surface area contributed by atoms with Gasteiger partial charge in [-0.1, -0.05) is 6.07 Å². The van der Waals surface area contributed by atoms with Gasteiger partial charge in [0.2, 0.25) is 0 Å². The standard InChI is InChI=1S/C13H18O4/c1-4-15-11-7-6-8-12(9-11)17-10(3)13(14)16-5-2/h6-10H,4-5H2,1-3H3. The molecule has 0 fully saturated rings. The molecule has 0 aliphatic rings. The van der Waals surface area contributed by atoms with Crippen molar-refractivity contribution < 1.29 is 19.0 Å². The fourth-order valence-electron chi connectivity index (χ4n) is 1.32. The number of carbonyl (C=O) groups is 1. The van der Waals surface area contributed by atoms with Crippen LogP contribution in [0.5, 0.6) is 11.5 Å². The van der Waals surface area contributed by atoms with Gasteiger partial charge in [0.15, 0.2) is 6.10 Å². The largest absolute Gasteiger partial charge is 0.494 e. The van der Waals surface area contributed by atoms with E-state index in [1.807, 2.05) is 19.1 Å². The Kier molecular flexibility index (Phi) is 5.33. The third-order valence-corrected chi connectivity index (χ3v) is 2.05. The van der Waals surface area contributed by atoms with Crippen LogP contribution in [0.25, 0.3) is 0 Å². The van der Waals surface area contributed by atoms with Gasteiger partial charge < -0.3 is 14.2 Å². The minimum absolute atomic E-state index is 0.353. The van der Waals surface area contributed by atoms with Crippen LogP contribution < -0.4 is 9.47 Å². The Bertz CT molecular complexity index is 362. The number of hydrogen-bond donors (Lipinski definition) is 0. The van der Waals surface area contributed by atoms with Gasteiger partial charge in [0.1, 0.15) is 11.5 Å². The zero-order valence-electron chi connectivity index (χ0n) is 10.4. The summed E-state index contributed by atoms with van der Waals surface area (Å²) in [5.74, 6) is 0.951. The lowest BCUT2D eigenvalue weighted by molar-refractivity contribution is -0.150. The smallest absolute Gasteiger partial charge is 0.347 e. The molecule has 0 aliphatic carbocycles. The molecule has 0 saturated heterocycles. The monoisotopic (exact) mass is 238 g/mol. The molecule has 17 heavy (non-hydrogen) atoms. The summed E-state index contributed by atoms with van der Waals surface area (Å²) in [4.78, 5) is 11.4. The predicted molar refractivity (Wildman–Crippen MR) is 64.3 cm³/mol. The highest BCUT2D eigenvalue weighted by Gasteiger charge is 2.15. The van der Waals surface area contributed by atoms with Gasteiger partial charge in [0.05, 0.1) is 13.2 Å². The SMILES string of the molecule is CCOC(=O)C(C)Oc1cccc(OCC)c1. The van der Waals surface area contributed by atoms with E-state index in [2.05, 4.69) is 0 Å². The van der Waals surface area contributed by atoms with E-state index in [-0.39, 0.29) is 5.97 Å². The lowest BCUT2D eigenvalue weighted by atomic mass is 10.3. The number of carbonyl (C=O) groups excluding carboxylic acids is 1. The van der Waals surface area contributed by atoms with Gasteiger partial charge in [-0.3, -0.25) is 0 Å². The van der Waals surface area contributed by atoms with Crippen LogP contribution in [0, 0.1) is 0 Å². The minimum atomic E-state index is -0.619. The van der Waals surface area contributed by atoms with Crippen LogP contribution >= 0.6 is 0 Å². The highest BCUT2D eigenvalue weighted by atomic mass is 16.6. The second kappa shape index (κ2) is 6.78. The summed E-state index contributed by atoms with van der Waals surface area (Å²) in [6.07, 6.45) is -0.619. The number of hydrogen-bond acceptors (Lipinski definition) is 4. The van der Waals surface area contributed by atoms with Crippen LogP contribution in [0.1, 0.15) is 20.8 Å². The quantitative estimate of drug-likeness (QED) is 0.714. The topological polar surface area (TPSA) is 44.8 Å². The highest BCUT2D eigenvalue weighted by molar-refractivity contribution is 5.74. The number of rotatable bonds is 6. The summed E-state index contributed by atoms with van der Waals surface area (Å²) in [6, 6.07) is 7.18. The maximum Gasteiger partial charge on any atom is 0.347 e. The predicted octanol–water partition coefficient (Wildman–Crippen LogP) is 2.42. The van der Waals surface area contributed by atoms with Crippen molar-refractivity contribution in [1.29, 1.82) is 0 Å². The van der Waals surface area contributed by atoms with Crippen molar-refractivity contribution in [2.75, 3.05) is 13.2 Å². The van der Waals surface area contributed by atoms with Gasteiger partial charge >= 0.3 is 5.97 Å². The Hall–Kier alpha value is -1.71. The molecule has 0 heterocycles. The van der Waals surface area contributed by atoms with Crippen LogP contribution in [0.15, 0.2) is 24.3 Å². The summed E-state index contributed by atoms with van der Waals surface area (Å²) in [6.45, 7) is 6.28. The first-order chi connectivity index (χ1) is 8.17. The third kappa shape index (κ3) is 4.34. The van der Waals surface area contributed by atoms with Crippen molar-refractivity contribution in [3.8, 4) is 11.5 Å². The maximum atomic E-state index is 11.4. The summed E-state index contributed by atoms with van der Waals surface area (Å²) >= 11 is 0. The molecule has 0 amide bonds. The molecule has 1 aromatic rings. The second-order valence-corrected chi connectivity index (χ2v) is 3.42. The molecular formula is C13H18O4. The number of benzene rings is 1. The van der Waals surface area contributed by atoms with Crippen LogP contribution in [0.3, 0.4) is 0 Å². The van der Waals surface area contributed by atoms with Crippen molar-refractivity contribution >= 4 is 5.97 Å². The molecule has 1 rings (SSSR count). The van der Waals surface area contributed by atoms with Crippen molar-refractivity contribution in [3.05, 3.63) is 24.3 Å². The van der Waals surface area contributed by atoms with E-state index < -0.39 is 6.10 Å². The zero-order valence-corrected chi connectivity index (χ0v) is 10.4. The van der Waals surface area contributed by atoms with E-state index in [1.165, 1.54) is 0 Å². The van der Waals surface area contributed by atoms with Gasteiger partial charge in [0, 0.05) is 6.07 Å². The highest BCUT2D eigenvalue weighted by Crippen LogP contribution is 2.20. The van der Waals surface area contributed by atoms with E-state index in [0.29, 0.717) is 19.0 Å². The fraction of sp³-hybridized carbons (Fsp3) is 0.462. The van der Waals surface area contributed by atoms with E-state index in [4.69, 9.17) is 14.2 Å². The molecule has 4 nitrogen and oxygen atoms in total. The number of esters is 1. The molecule has 4 heteroatoms. The Balaban J connectivity index is 2.61. The fourth-order valence-corrected chi connectivity index (χ4v) is 1.32. The van der Waals surface area contributed by atoms with Crippen molar-refractivity contribution in [3.63, 3.8) is 0 Å². The maximum absolute atomic E-state index is 11.4. The first-order valence-electron chi connectivity index (χ1n) is 5.73. The summed E-state index contributed by atoms with van der Waals surface area (Å²) in [7, 11) is 0. The Morgan fingerprint density at radius 3 is 2.59 bits per heavy atom. The average molecular weight is 238 g/mol. The van der Waals surface area contributed by atoms with Gasteiger partial charge in [-0.2, -0.15) is 0 Å². The lowest BCUT2D eigenvalue weighted by Crippen LogP contribution is -2.26. The molecule has 1 aromatic carbocycles. The average Bonchev–Trinajstić information content (AvgIpc) is 2.30. The van der Waals surface area contributed by atoms with Crippen LogP contribution in [0.4, 0.5) is 0 Å². The van der Waals surface area contributed by atoms with Crippen molar-refractivity contribution in [2.45, 2.75) is 26.9 Å². The van der Waals surface area contributed by atoms with Crippen LogP contribution in [-0.4, -0.2) is 25.3 Å². The normalized spacial score (nSPS) is 11.7. The van der Waals surface area contributed by atoms with E-state index in [1.54, 1.807) is 26.0 Å². The molecule has 1 atom stereocenters. The summed E-state index contributed by atoms with van der Waals surface area (Å²) < 4.78 is 15.7. The molecular weight excluding hydrogens is 220 g/mol. The van der Waals surface area contributed by atoms with E-state index in [9.17, 15) is 4.79 Å². The lowest BCUT2D eigenvalue weighted by Gasteiger charge is -2.14. The van der Waals surface area contributed by atoms with E-state index >= 15 is 0 Å².